The third kappa shape index (κ3) is 15.1. The number of fused-ring (bicyclic) bond motifs is 1. The van der Waals surface area contributed by atoms with Crippen LogP contribution in [0.2, 0.25) is 0 Å². The molecule has 60 heavy (non-hydrogen) atoms. The topological polar surface area (TPSA) is 243 Å². The molecule has 0 radical (unpaired) electrons. The van der Waals surface area contributed by atoms with Gasteiger partial charge in [-0.1, -0.05) is 36.4 Å². The maximum atomic E-state index is 13.7. The highest BCUT2D eigenvalue weighted by atomic mass is 32.2. The normalized spacial score (nSPS) is 15.2. The van der Waals surface area contributed by atoms with Gasteiger partial charge < -0.3 is 41.6 Å². The molecule has 1 aliphatic rings. The molecule has 0 bridgehead atoms. The predicted octanol–water partition coefficient (Wildman–Crippen LogP) is 4.40. The summed E-state index contributed by atoms with van der Waals surface area (Å²) in [5.74, 6) is -1.59. The van der Waals surface area contributed by atoms with E-state index in [1.54, 1.807) is 46.8 Å². The van der Waals surface area contributed by atoms with E-state index in [1.807, 2.05) is 39.0 Å². The van der Waals surface area contributed by atoms with Crippen LogP contribution in [0.1, 0.15) is 107 Å². The fourth-order valence-corrected chi connectivity index (χ4v) is 8.15. The molecular formula is C43H65N7O9S. The first-order valence-corrected chi connectivity index (χ1v) is 21.8. The number of nitrogens with two attached hydrogens (primary N) is 2. The second kappa shape index (κ2) is 21.9. The predicted molar refractivity (Wildman–Crippen MR) is 231 cm³/mol. The van der Waals surface area contributed by atoms with Gasteiger partial charge in [-0.15, -0.1) is 6.58 Å². The number of amides is 3. The van der Waals surface area contributed by atoms with Crippen molar-refractivity contribution in [1.29, 1.82) is 0 Å². The lowest BCUT2D eigenvalue weighted by Gasteiger charge is -2.35. The second-order valence-electron chi connectivity index (χ2n) is 16.7. The lowest BCUT2D eigenvalue weighted by Crippen LogP contribution is -2.54. The summed E-state index contributed by atoms with van der Waals surface area (Å²) in [6.07, 6.45) is 3.87. The van der Waals surface area contributed by atoms with E-state index in [0.29, 0.717) is 42.7 Å². The van der Waals surface area contributed by atoms with Crippen molar-refractivity contribution < 1.29 is 41.8 Å². The van der Waals surface area contributed by atoms with Crippen molar-refractivity contribution in [3.63, 3.8) is 0 Å². The summed E-state index contributed by atoms with van der Waals surface area (Å²) in [4.78, 5) is 56.3. The van der Waals surface area contributed by atoms with Gasteiger partial charge in [-0.25, -0.2) is 22.7 Å². The SMILES string of the molecule is C=CC[C@H](NC(=O)[C@@H](CCCN=C(N)NS(=O)(=O)c1c(C)c(C)c2c(c1C)CCC(C)(C)O2)NC(=O)[C@H](N)CCCCNC(=O)OC(C)(C)C)C(=O)OCc1ccccc1. The van der Waals surface area contributed by atoms with Crippen LogP contribution in [-0.4, -0.2) is 80.7 Å². The maximum Gasteiger partial charge on any atom is 0.407 e. The summed E-state index contributed by atoms with van der Waals surface area (Å²) < 4.78 is 46.7. The smallest absolute Gasteiger partial charge is 0.407 e. The average molecular weight is 856 g/mol. The summed E-state index contributed by atoms with van der Waals surface area (Å²) in [6, 6.07) is 5.82. The van der Waals surface area contributed by atoms with Gasteiger partial charge in [0, 0.05) is 13.1 Å². The number of nitrogens with one attached hydrogen (secondary N) is 4. The number of esters is 1. The zero-order valence-electron chi connectivity index (χ0n) is 36.4. The number of alkyl carbamates (subject to hydrolysis) is 1. The van der Waals surface area contributed by atoms with Gasteiger partial charge in [0.25, 0.3) is 10.0 Å². The average Bonchev–Trinajstić information content (AvgIpc) is 3.15. The molecule has 8 N–H and O–H groups in total. The number of sulfonamides is 1. The number of hydrogen-bond acceptors (Lipinski definition) is 11. The standard InChI is InChI=1S/C43H65N7O9S/c1-10-17-34(39(53)57-26-30-18-12-11-13-19-30)49-38(52)33(48-37(51)32(44)20-14-15-24-47-41(54)59-42(5,6)7)21-16-25-46-40(45)50-60(55,56)36-28(3)27(2)35-31(29(36)4)22-23-43(8,9)58-35/h10-13,18-19,32-34H,1,14-17,20-26,44H2,2-9H3,(H,47,54)(H,48,51)(H,49,52)(H3,45,46,50)/t32-,33-,34+/m1/s1. The van der Waals surface area contributed by atoms with Crippen molar-refractivity contribution in [3.8, 4) is 5.75 Å². The molecule has 2 aromatic rings. The van der Waals surface area contributed by atoms with Gasteiger partial charge in [0.15, 0.2) is 0 Å². The van der Waals surface area contributed by atoms with Crippen molar-refractivity contribution in [1.82, 2.24) is 20.7 Å². The first-order valence-electron chi connectivity index (χ1n) is 20.3. The minimum atomic E-state index is -4.15. The highest BCUT2D eigenvalue weighted by Gasteiger charge is 2.34. The third-order valence-corrected chi connectivity index (χ3v) is 11.5. The number of ether oxygens (including phenoxy) is 3. The Morgan fingerprint density at radius 2 is 1.63 bits per heavy atom. The molecule has 0 spiro atoms. The largest absolute Gasteiger partial charge is 0.487 e. The minimum Gasteiger partial charge on any atom is -0.487 e. The number of carbonyl (C=O) groups is 4. The summed E-state index contributed by atoms with van der Waals surface area (Å²) in [7, 11) is -4.15. The summed E-state index contributed by atoms with van der Waals surface area (Å²) in [5.41, 5.74) is 14.8. The number of unbranched alkanes of at least 4 members (excludes halogenated alkanes) is 1. The molecule has 3 rings (SSSR count). The molecule has 1 aliphatic heterocycles. The van der Waals surface area contributed by atoms with Crippen molar-refractivity contribution in [2.45, 2.75) is 148 Å². The fourth-order valence-electron chi connectivity index (χ4n) is 6.62. The Kier molecular flexibility index (Phi) is 18.0. The molecule has 3 atom stereocenters. The van der Waals surface area contributed by atoms with Crippen molar-refractivity contribution in [3.05, 3.63) is 70.8 Å². The molecule has 332 valence electrons. The number of benzene rings is 2. The Bertz CT molecular complexity index is 1980. The first kappa shape index (κ1) is 49.2. The van der Waals surface area contributed by atoms with Gasteiger partial charge in [0.05, 0.1) is 10.9 Å². The van der Waals surface area contributed by atoms with E-state index >= 15 is 0 Å². The molecule has 0 aliphatic carbocycles. The van der Waals surface area contributed by atoms with Crippen LogP contribution in [-0.2, 0) is 46.9 Å². The van der Waals surface area contributed by atoms with Crippen LogP contribution in [0.4, 0.5) is 4.79 Å². The van der Waals surface area contributed by atoms with Gasteiger partial charge in [0.1, 0.15) is 35.6 Å². The van der Waals surface area contributed by atoms with Crippen LogP contribution in [0.5, 0.6) is 5.75 Å². The quantitative estimate of drug-likeness (QED) is 0.0359. The molecule has 16 nitrogen and oxygen atoms in total. The third-order valence-electron chi connectivity index (χ3n) is 9.91. The van der Waals surface area contributed by atoms with Crippen LogP contribution in [0, 0.1) is 20.8 Å². The lowest BCUT2D eigenvalue weighted by molar-refractivity contribution is -0.149. The number of nitrogens with zero attached hydrogens (tertiary/aromatic N) is 1. The monoisotopic (exact) mass is 855 g/mol. The Morgan fingerprint density at radius 1 is 0.967 bits per heavy atom. The molecule has 17 heteroatoms. The Hall–Kier alpha value is -5.16. The van der Waals surface area contributed by atoms with Crippen molar-refractivity contribution in [2.75, 3.05) is 13.1 Å². The van der Waals surface area contributed by atoms with Gasteiger partial charge >= 0.3 is 12.1 Å². The van der Waals surface area contributed by atoms with Crippen LogP contribution >= 0.6 is 0 Å². The van der Waals surface area contributed by atoms with Gasteiger partial charge in [-0.2, -0.15) is 0 Å². The van der Waals surface area contributed by atoms with Crippen molar-refractivity contribution >= 4 is 39.9 Å². The Balaban J connectivity index is 1.69. The van der Waals surface area contributed by atoms with Crippen LogP contribution < -0.4 is 36.9 Å². The van der Waals surface area contributed by atoms with Gasteiger partial charge in [-0.3, -0.25) is 14.6 Å². The van der Waals surface area contributed by atoms with Crippen LogP contribution in [0.3, 0.4) is 0 Å². The molecule has 1 heterocycles. The molecule has 0 saturated heterocycles. The van der Waals surface area contributed by atoms with Crippen molar-refractivity contribution in [2.24, 2.45) is 16.5 Å². The number of rotatable bonds is 20. The summed E-state index contributed by atoms with van der Waals surface area (Å²) in [6.45, 7) is 18.6. The van der Waals surface area contributed by atoms with E-state index in [9.17, 15) is 27.6 Å². The Morgan fingerprint density at radius 3 is 2.28 bits per heavy atom. The number of aliphatic imine (C=N–C) groups is 1. The summed E-state index contributed by atoms with van der Waals surface area (Å²) in [5, 5.41) is 8.03. The van der Waals surface area contributed by atoms with Gasteiger partial charge in [0.2, 0.25) is 17.8 Å². The van der Waals surface area contributed by atoms with E-state index in [2.05, 4.69) is 32.2 Å². The fraction of sp³-hybridized carbons (Fsp3) is 0.558. The molecule has 2 aromatic carbocycles. The van der Waals surface area contributed by atoms with Gasteiger partial charge in [-0.05, 0) is 135 Å². The van der Waals surface area contributed by atoms with Crippen LogP contribution in [0.25, 0.3) is 0 Å². The van der Waals surface area contributed by atoms with E-state index in [0.717, 1.165) is 23.1 Å². The zero-order valence-corrected chi connectivity index (χ0v) is 37.2. The number of carbonyl (C=O) groups excluding carboxylic acids is 4. The number of guanidine groups is 1. The molecular weight excluding hydrogens is 791 g/mol. The van der Waals surface area contributed by atoms with E-state index < -0.39 is 57.6 Å². The van der Waals surface area contributed by atoms with E-state index in [4.69, 9.17) is 25.7 Å². The molecule has 0 fully saturated rings. The second-order valence-corrected chi connectivity index (χ2v) is 18.3. The van der Waals surface area contributed by atoms with E-state index in [-0.39, 0.29) is 55.3 Å². The first-order chi connectivity index (χ1) is 28.0. The molecule has 0 unspecified atom stereocenters. The minimum absolute atomic E-state index is 0.00729. The maximum absolute atomic E-state index is 13.7. The molecule has 3 amide bonds. The zero-order chi connectivity index (χ0) is 44.8. The lowest BCUT2D eigenvalue weighted by atomic mass is 9.88. The highest BCUT2D eigenvalue weighted by molar-refractivity contribution is 7.90. The molecule has 0 aromatic heterocycles. The van der Waals surface area contributed by atoms with E-state index in [1.165, 1.54) is 6.08 Å². The number of hydrogen-bond donors (Lipinski definition) is 6. The highest BCUT2D eigenvalue weighted by Crippen LogP contribution is 2.42. The van der Waals surface area contributed by atoms with Crippen LogP contribution in [0.15, 0.2) is 52.9 Å². The Labute approximate surface area is 355 Å². The molecule has 0 saturated carbocycles. The summed E-state index contributed by atoms with van der Waals surface area (Å²) >= 11 is 0.